The smallest absolute Gasteiger partial charge is 0.407 e. The number of anilines is 1. The first-order chi connectivity index (χ1) is 14.2. The number of amides is 2. The van der Waals surface area contributed by atoms with E-state index in [1.54, 1.807) is 26.8 Å². The first kappa shape index (κ1) is 21.7. The molecule has 0 spiro atoms. The largest absolute Gasteiger partial charge is 0.444 e. The summed E-state index contributed by atoms with van der Waals surface area (Å²) >= 11 is 0. The van der Waals surface area contributed by atoms with Gasteiger partial charge in [0.15, 0.2) is 5.82 Å². The van der Waals surface area contributed by atoms with E-state index in [-0.39, 0.29) is 18.9 Å². The summed E-state index contributed by atoms with van der Waals surface area (Å²) in [4.78, 5) is 23.8. The van der Waals surface area contributed by atoms with Crippen molar-refractivity contribution < 1.29 is 18.7 Å². The van der Waals surface area contributed by atoms with E-state index in [1.807, 2.05) is 4.57 Å². The molecule has 2 N–H and O–H groups in total. The van der Waals surface area contributed by atoms with E-state index >= 15 is 0 Å². The Kier molecular flexibility index (Phi) is 6.69. The molecule has 3 rings (SSSR count). The van der Waals surface area contributed by atoms with Gasteiger partial charge in [0.2, 0.25) is 5.91 Å². The van der Waals surface area contributed by atoms with Crippen LogP contribution in [0.1, 0.15) is 52.3 Å². The Labute approximate surface area is 175 Å². The van der Waals surface area contributed by atoms with Gasteiger partial charge in [-0.05, 0) is 51.8 Å². The molecule has 9 heteroatoms. The van der Waals surface area contributed by atoms with E-state index in [0.717, 1.165) is 38.1 Å². The van der Waals surface area contributed by atoms with Crippen molar-refractivity contribution in [3.63, 3.8) is 0 Å². The van der Waals surface area contributed by atoms with Crippen LogP contribution in [0.4, 0.5) is 14.9 Å². The van der Waals surface area contributed by atoms with Gasteiger partial charge >= 0.3 is 6.09 Å². The van der Waals surface area contributed by atoms with E-state index in [1.165, 1.54) is 12.1 Å². The molecule has 8 nitrogen and oxygen atoms in total. The number of nitrogens with one attached hydrogen (secondary N) is 2. The summed E-state index contributed by atoms with van der Waals surface area (Å²) in [5, 5.41) is 13.7. The average molecular weight is 417 g/mol. The molecule has 1 aliphatic heterocycles. The van der Waals surface area contributed by atoms with Crippen LogP contribution in [0.3, 0.4) is 0 Å². The van der Waals surface area contributed by atoms with E-state index in [4.69, 9.17) is 4.74 Å². The standard InChI is InChI=1S/C21H28FN5O3/c1-21(2,3)30-20(29)23-11-10-18(28)24-14-8-9-16(22)15(13-14)19-26-25-17-7-5-4-6-12-27(17)19/h8-9,13H,4-7,10-12H2,1-3H3,(H,23,29)(H,24,28). The van der Waals surface area contributed by atoms with Gasteiger partial charge in [-0.2, -0.15) is 0 Å². The number of ether oxygens (including phenoxy) is 1. The number of hydrogen-bond donors (Lipinski definition) is 2. The lowest BCUT2D eigenvalue weighted by Gasteiger charge is -2.19. The summed E-state index contributed by atoms with van der Waals surface area (Å²) in [5.41, 5.74) is 0.163. The topological polar surface area (TPSA) is 98.1 Å². The number of halogens is 1. The fourth-order valence-electron chi connectivity index (χ4n) is 3.27. The monoisotopic (exact) mass is 417 g/mol. The summed E-state index contributed by atoms with van der Waals surface area (Å²) in [5.74, 6) is 0.624. The van der Waals surface area contributed by atoms with Crippen molar-refractivity contribution in [2.24, 2.45) is 0 Å². The van der Waals surface area contributed by atoms with Crippen molar-refractivity contribution in [3.8, 4) is 11.4 Å². The van der Waals surface area contributed by atoms with Crippen molar-refractivity contribution in [1.82, 2.24) is 20.1 Å². The number of benzene rings is 1. The number of rotatable bonds is 5. The van der Waals surface area contributed by atoms with Crippen LogP contribution in [0, 0.1) is 5.82 Å². The number of carbonyl (C=O) groups excluding carboxylic acids is 2. The molecule has 1 aromatic carbocycles. The molecule has 30 heavy (non-hydrogen) atoms. The van der Waals surface area contributed by atoms with Gasteiger partial charge in [-0.25, -0.2) is 9.18 Å². The SMILES string of the molecule is CC(C)(C)OC(=O)NCCC(=O)Nc1ccc(F)c(-c2nnc3n2CCCCC3)c1. The lowest BCUT2D eigenvalue weighted by molar-refractivity contribution is -0.116. The highest BCUT2D eigenvalue weighted by Crippen LogP contribution is 2.27. The third-order valence-electron chi connectivity index (χ3n) is 4.62. The Morgan fingerprint density at radius 3 is 2.77 bits per heavy atom. The molecule has 2 aromatic rings. The number of fused-ring (bicyclic) bond motifs is 1. The number of aryl methyl sites for hydroxylation is 1. The Hall–Kier alpha value is -2.97. The zero-order chi connectivity index (χ0) is 21.7. The fourth-order valence-corrected chi connectivity index (χ4v) is 3.27. The lowest BCUT2D eigenvalue weighted by Crippen LogP contribution is -2.34. The van der Waals surface area contributed by atoms with E-state index < -0.39 is 17.5 Å². The van der Waals surface area contributed by atoms with Gasteiger partial charge in [-0.15, -0.1) is 10.2 Å². The Balaban J connectivity index is 1.63. The van der Waals surface area contributed by atoms with Crippen molar-refractivity contribution in [3.05, 3.63) is 29.8 Å². The predicted octanol–water partition coefficient (Wildman–Crippen LogP) is 3.66. The van der Waals surface area contributed by atoms with Crippen LogP contribution in [0.5, 0.6) is 0 Å². The van der Waals surface area contributed by atoms with Gasteiger partial charge < -0.3 is 19.9 Å². The second-order valence-electron chi connectivity index (χ2n) is 8.32. The molecule has 0 bridgehead atoms. The molecule has 0 aliphatic carbocycles. The Morgan fingerprint density at radius 1 is 1.20 bits per heavy atom. The molecular formula is C21H28FN5O3. The maximum absolute atomic E-state index is 14.5. The number of aromatic nitrogens is 3. The van der Waals surface area contributed by atoms with Crippen LogP contribution in [-0.4, -0.2) is 38.9 Å². The van der Waals surface area contributed by atoms with E-state index in [0.29, 0.717) is 17.1 Å². The summed E-state index contributed by atoms with van der Waals surface area (Å²) in [6, 6.07) is 4.37. The average Bonchev–Trinajstić information content (AvgIpc) is 2.89. The first-order valence-electron chi connectivity index (χ1n) is 10.2. The molecule has 1 aromatic heterocycles. The van der Waals surface area contributed by atoms with Crippen LogP contribution in [0.25, 0.3) is 11.4 Å². The molecule has 2 amide bonds. The van der Waals surface area contributed by atoms with Gasteiger partial charge in [-0.3, -0.25) is 4.79 Å². The maximum atomic E-state index is 14.5. The fraction of sp³-hybridized carbons (Fsp3) is 0.524. The second-order valence-corrected chi connectivity index (χ2v) is 8.32. The van der Waals surface area contributed by atoms with E-state index in [2.05, 4.69) is 20.8 Å². The first-order valence-corrected chi connectivity index (χ1v) is 10.2. The van der Waals surface area contributed by atoms with Crippen LogP contribution in [0.15, 0.2) is 18.2 Å². The number of hydrogen-bond acceptors (Lipinski definition) is 5. The van der Waals surface area contributed by atoms with Crippen LogP contribution in [-0.2, 0) is 22.5 Å². The van der Waals surface area contributed by atoms with Crippen molar-refractivity contribution in [2.45, 2.75) is 65.0 Å². The van der Waals surface area contributed by atoms with Gasteiger partial charge in [0.25, 0.3) is 0 Å². The molecule has 2 heterocycles. The van der Waals surface area contributed by atoms with Gasteiger partial charge in [-0.1, -0.05) is 6.42 Å². The van der Waals surface area contributed by atoms with Crippen LogP contribution in [0.2, 0.25) is 0 Å². The number of carbonyl (C=O) groups is 2. The normalized spacial score (nSPS) is 13.9. The van der Waals surface area contributed by atoms with Crippen LogP contribution >= 0.6 is 0 Å². The third-order valence-corrected chi connectivity index (χ3v) is 4.62. The number of nitrogens with zero attached hydrogens (tertiary/aromatic N) is 3. The lowest BCUT2D eigenvalue weighted by atomic mass is 10.1. The summed E-state index contributed by atoms with van der Waals surface area (Å²) < 4.78 is 21.6. The second kappa shape index (κ2) is 9.23. The molecule has 0 saturated carbocycles. The molecule has 1 aliphatic rings. The molecule has 0 unspecified atom stereocenters. The minimum atomic E-state index is -0.600. The highest BCUT2D eigenvalue weighted by Gasteiger charge is 2.19. The van der Waals surface area contributed by atoms with Crippen molar-refractivity contribution in [1.29, 1.82) is 0 Å². The molecular weight excluding hydrogens is 389 g/mol. The molecule has 0 radical (unpaired) electrons. The summed E-state index contributed by atoms with van der Waals surface area (Å²) in [7, 11) is 0. The van der Waals surface area contributed by atoms with Gasteiger partial charge in [0, 0.05) is 31.6 Å². The Morgan fingerprint density at radius 2 is 2.00 bits per heavy atom. The van der Waals surface area contributed by atoms with Crippen LogP contribution < -0.4 is 10.6 Å². The minimum absolute atomic E-state index is 0.0618. The van der Waals surface area contributed by atoms with Crippen molar-refractivity contribution in [2.75, 3.05) is 11.9 Å². The number of alkyl carbamates (subject to hydrolysis) is 1. The highest BCUT2D eigenvalue weighted by atomic mass is 19.1. The molecule has 162 valence electrons. The minimum Gasteiger partial charge on any atom is -0.444 e. The summed E-state index contributed by atoms with van der Waals surface area (Å²) in [6.07, 6.45) is 3.47. The van der Waals surface area contributed by atoms with Gasteiger partial charge in [0.05, 0.1) is 5.56 Å². The summed E-state index contributed by atoms with van der Waals surface area (Å²) in [6.45, 7) is 6.18. The molecule has 0 saturated heterocycles. The van der Waals surface area contributed by atoms with Crippen molar-refractivity contribution >= 4 is 17.7 Å². The van der Waals surface area contributed by atoms with Gasteiger partial charge in [0.1, 0.15) is 17.2 Å². The third kappa shape index (κ3) is 5.77. The zero-order valence-electron chi connectivity index (χ0n) is 17.6. The maximum Gasteiger partial charge on any atom is 0.407 e. The highest BCUT2D eigenvalue weighted by molar-refractivity contribution is 5.91. The predicted molar refractivity (Wildman–Crippen MR) is 110 cm³/mol. The Bertz CT molecular complexity index is 920. The van der Waals surface area contributed by atoms with E-state index in [9.17, 15) is 14.0 Å². The quantitative estimate of drug-likeness (QED) is 0.774. The molecule has 0 atom stereocenters. The molecule has 0 fully saturated rings. The zero-order valence-corrected chi connectivity index (χ0v) is 17.6.